The van der Waals surface area contributed by atoms with Gasteiger partial charge in [0.15, 0.2) is 5.96 Å². The van der Waals surface area contributed by atoms with Gasteiger partial charge in [0.2, 0.25) is 5.91 Å². The highest BCUT2D eigenvalue weighted by Crippen LogP contribution is 2.29. The molecule has 2 N–H and O–H groups in total. The maximum atomic E-state index is 13.1. The fourth-order valence-electron chi connectivity index (χ4n) is 2.28. The van der Waals surface area contributed by atoms with E-state index in [2.05, 4.69) is 4.99 Å². The zero-order chi connectivity index (χ0) is 13.4. The van der Waals surface area contributed by atoms with E-state index in [1.54, 1.807) is 20.0 Å². The molecule has 0 bridgehead atoms. The van der Waals surface area contributed by atoms with Crippen LogP contribution in [0.4, 0.5) is 4.39 Å². The molecule has 2 unspecified atom stereocenters. The lowest BCUT2D eigenvalue weighted by atomic mass is 9.87. The molecule has 2 rings (SSSR count). The first-order chi connectivity index (χ1) is 8.41. The van der Waals surface area contributed by atoms with Crippen LogP contribution in [0.25, 0.3) is 0 Å². The fourth-order valence-corrected chi connectivity index (χ4v) is 2.28. The zero-order valence-corrected chi connectivity index (χ0v) is 10.6. The monoisotopic (exact) mass is 249 g/mol. The van der Waals surface area contributed by atoms with Gasteiger partial charge < -0.3 is 5.73 Å². The smallest absolute Gasteiger partial charge is 0.238 e. The second-order valence-corrected chi connectivity index (χ2v) is 4.60. The van der Waals surface area contributed by atoms with Crippen LogP contribution in [0, 0.1) is 12.7 Å². The number of amides is 1. The Bertz CT molecular complexity index is 527. The molecule has 5 heteroatoms. The molecule has 18 heavy (non-hydrogen) atoms. The van der Waals surface area contributed by atoms with Crippen LogP contribution >= 0.6 is 0 Å². The molecule has 2 atom stereocenters. The molecule has 96 valence electrons. The maximum absolute atomic E-state index is 13.1. The molecule has 0 fully saturated rings. The van der Waals surface area contributed by atoms with Gasteiger partial charge in [-0.1, -0.05) is 6.07 Å². The summed E-state index contributed by atoms with van der Waals surface area (Å²) in [5.74, 6) is -0.584. The number of benzene rings is 1. The van der Waals surface area contributed by atoms with Gasteiger partial charge in [0.25, 0.3) is 0 Å². The van der Waals surface area contributed by atoms with Crippen LogP contribution in [-0.2, 0) is 4.79 Å². The van der Waals surface area contributed by atoms with Gasteiger partial charge in [0, 0.05) is 7.05 Å². The number of nitrogens with zero attached hydrogens (tertiary/aromatic N) is 2. The number of halogens is 1. The van der Waals surface area contributed by atoms with Crippen molar-refractivity contribution in [1.82, 2.24) is 4.90 Å². The first-order valence-electron chi connectivity index (χ1n) is 5.78. The van der Waals surface area contributed by atoms with Crippen molar-refractivity contribution in [2.45, 2.75) is 25.8 Å². The molecular weight excluding hydrogens is 233 g/mol. The Kier molecular flexibility index (Phi) is 3.07. The van der Waals surface area contributed by atoms with Crippen molar-refractivity contribution in [3.05, 3.63) is 35.1 Å². The molecule has 0 aliphatic carbocycles. The normalized spacial score (nSPS) is 24.1. The van der Waals surface area contributed by atoms with E-state index in [1.807, 2.05) is 6.92 Å². The number of carbonyl (C=O) groups is 1. The van der Waals surface area contributed by atoms with Crippen molar-refractivity contribution in [3.63, 3.8) is 0 Å². The van der Waals surface area contributed by atoms with Gasteiger partial charge in [-0.15, -0.1) is 0 Å². The maximum Gasteiger partial charge on any atom is 0.238 e. The Balaban J connectivity index is 2.47. The Morgan fingerprint density at radius 2 is 2.11 bits per heavy atom. The Morgan fingerprint density at radius 1 is 1.44 bits per heavy atom. The highest BCUT2D eigenvalue weighted by atomic mass is 19.1. The van der Waals surface area contributed by atoms with E-state index in [0.717, 1.165) is 11.1 Å². The molecule has 0 saturated carbocycles. The first-order valence-corrected chi connectivity index (χ1v) is 5.78. The van der Waals surface area contributed by atoms with E-state index >= 15 is 0 Å². The molecule has 1 aromatic carbocycles. The molecule has 1 aliphatic rings. The summed E-state index contributed by atoms with van der Waals surface area (Å²) in [6.07, 6.45) is 0. The van der Waals surface area contributed by atoms with Gasteiger partial charge in [-0.3, -0.25) is 9.69 Å². The molecule has 1 aliphatic heterocycles. The number of likely N-dealkylation sites (N-methyl/N-ethyl adjacent to an activating group) is 1. The van der Waals surface area contributed by atoms with E-state index < -0.39 is 5.92 Å². The number of aryl methyl sites for hydroxylation is 1. The molecule has 0 aromatic heterocycles. The molecule has 1 amide bonds. The second kappa shape index (κ2) is 4.40. The summed E-state index contributed by atoms with van der Waals surface area (Å²) in [5.41, 5.74) is 7.21. The lowest BCUT2D eigenvalue weighted by Gasteiger charge is -2.32. The lowest BCUT2D eigenvalue weighted by molar-refractivity contribution is -0.129. The van der Waals surface area contributed by atoms with Crippen molar-refractivity contribution in [3.8, 4) is 0 Å². The number of rotatable bonds is 1. The molecule has 0 spiro atoms. The van der Waals surface area contributed by atoms with Crippen LogP contribution in [0.15, 0.2) is 23.2 Å². The predicted molar refractivity (Wildman–Crippen MR) is 67.7 cm³/mol. The molecule has 0 radical (unpaired) electrons. The van der Waals surface area contributed by atoms with Crippen LogP contribution in [0.5, 0.6) is 0 Å². The van der Waals surface area contributed by atoms with Crippen molar-refractivity contribution in [1.29, 1.82) is 0 Å². The number of aliphatic imine (C=N–C) groups is 1. The predicted octanol–water partition coefficient (Wildman–Crippen LogP) is 1.39. The summed E-state index contributed by atoms with van der Waals surface area (Å²) in [6.45, 7) is 3.63. The van der Waals surface area contributed by atoms with E-state index in [-0.39, 0.29) is 23.7 Å². The number of nitrogens with two attached hydrogens (primary N) is 1. The number of guanidine groups is 1. The van der Waals surface area contributed by atoms with E-state index in [0.29, 0.717) is 0 Å². The molecule has 0 saturated heterocycles. The Labute approximate surface area is 105 Å². The molecule has 1 heterocycles. The Hall–Kier alpha value is -1.91. The summed E-state index contributed by atoms with van der Waals surface area (Å²) < 4.78 is 13.1. The van der Waals surface area contributed by atoms with Crippen LogP contribution in [0.3, 0.4) is 0 Å². The highest BCUT2D eigenvalue weighted by molar-refractivity contribution is 6.01. The largest absolute Gasteiger partial charge is 0.369 e. The van der Waals surface area contributed by atoms with Crippen molar-refractivity contribution >= 4 is 11.9 Å². The van der Waals surface area contributed by atoms with Gasteiger partial charge >= 0.3 is 0 Å². The van der Waals surface area contributed by atoms with Crippen molar-refractivity contribution in [2.24, 2.45) is 10.7 Å². The van der Waals surface area contributed by atoms with Crippen LogP contribution in [-0.4, -0.2) is 29.9 Å². The van der Waals surface area contributed by atoms with E-state index in [9.17, 15) is 9.18 Å². The van der Waals surface area contributed by atoms with Gasteiger partial charge in [0.05, 0.1) is 12.0 Å². The fraction of sp³-hybridized carbons (Fsp3) is 0.385. The third kappa shape index (κ3) is 1.96. The molecular formula is C13H16FN3O. The quantitative estimate of drug-likeness (QED) is 0.817. The summed E-state index contributed by atoms with van der Waals surface area (Å²) >= 11 is 0. The Morgan fingerprint density at radius 3 is 2.72 bits per heavy atom. The highest BCUT2D eigenvalue weighted by Gasteiger charge is 2.35. The second-order valence-electron chi connectivity index (χ2n) is 4.60. The van der Waals surface area contributed by atoms with Gasteiger partial charge in [-0.05, 0) is 37.1 Å². The third-order valence-electron chi connectivity index (χ3n) is 3.33. The summed E-state index contributed by atoms with van der Waals surface area (Å²) in [5, 5.41) is 0. The summed E-state index contributed by atoms with van der Waals surface area (Å²) in [4.78, 5) is 17.8. The van der Waals surface area contributed by atoms with Gasteiger partial charge in [-0.25, -0.2) is 9.38 Å². The van der Waals surface area contributed by atoms with E-state index in [4.69, 9.17) is 5.73 Å². The van der Waals surface area contributed by atoms with Crippen LogP contribution < -0.4 is 5.73 Å². The zero-order valence-electron chi connectivity index (χ0n) is 10.6. The number of hydrogen-bond donors (Lipinski definition) is 1. The minimum absolute atomic E-state index is 0.107. The van der Waals surface area contributed by atoms with Crippen molar-refractivity contribution < 1.29 is 9.18 Å². The van der Waals surface area contributed by atoms with Gasteiger partial charge in [0.1, 0.15) is 5.82 Å². The SMILES string of the molecule is Cc1cc(F)ccc1C1C(=O)N(C)C(N)=NC1C. The molecule has 4 nitrogen and oxygen atoms in total. The van der Waals surface area contributed by atoms with Gasteiger partial charge in [-0.2, -0.15) is 0 Å². The average molecular weight is 249 g/mol. The standard InChI is InChI=1S/C13H16FN3O/c1-7-6-9(14)4-5-10(7)11-8(2)16-13(15)17(3)12(11)18/h4-6,8,11H,1-3H3,(H2,15,16). The summed E-state index contributed by atoms with van der Waals surface area (Å²) in [6, 6.07) is 4.20. The lowest BCUT2D eigenvalue weighted by Crippen LogP contribution is -2.48. The minimum Gasteiger partial charge on any atom is -0.369 e. The number of hydrogen-bond acceptors (Lipinski definition) is 3. The number of carbonyl (C=O) groups excluding carboxylic acids is 1. The van der Waals surface area contributed by atoms with E-state index in [1.165, 1.54) is 17.0 Å². The summed E-state index contributed by atoms with van der Waals surface area (Å²) in [7, 11) is 1.60. The average Bonchev–Trinajstić information content (AvgIpc) is 2.29. The third-order valence-corrected chi connectivity index (χ3v) is 3.33. The van der Waals surface area contributed by atoms with Crippen LogP contribution in [0.1, 0.15) is 24.0 Å². The first kappa shape index (κ1) is 12.5. The van der Waals surface area contributed by atoms with Crippen molar-refractivity contribution in [2.75, 3.05) is 7.05 Å². The molecule has 1 aromatic rings. The minimum atomic E-state index is -0.400. The van der Waals surface area contributed by atoms with Crippen LogP contribution in [0.2, 0.25) is 0 Å². The topological polar surface area (TPSA) is 58.7 Å².